The number of halogens is 1. The second-order valence-electron chi connectivity index (χ2n) is 5.61. The Labute approximate surface area is 157 Å². The van der Waals surface area contributed by atoms with Gasteiger partial charge in [-0.3, -0.25) is 4.79 Å². The summed E-state index contributed by atoms with van der Waals surface area (Å²) in [6, 6.07) is 13.8. The normalized spacial score (nSPS) is 12.6. The van der Waals surface area contributed by atoms with Gasteiger partial charge in [0.15, 0.2) is 9.84 Å². The minimum absolute atomic E-state index is 0.0704. The van der Waals surface area contributed by atoms with Crippen LogP contribution in [-0.4, -0.2) is 26.3 Å². The number of carbonyl (C=O) groups is 1. The highest BCUT2D eigenvalue weighted by Gasteiger charge is 2.14. The van der Waals surface area contributed by atoms with Gasteiger partial charge in [-0.1, -0.05) is 30.7 Å². The Morgan fingerprint density at radius 2 is 1.72 bits per heavy atom. The van der Waals surface area contributed by atoms with Crippen LogP contribution in [0.2, 0.25) is 5.02 Å². The standard InChI is InChI=1S/C18H20ClNO3S2/c1-3-17(13-4-10-16(11-5-13)25(2,22)23)20-18(21)12-24-15-8-6-14(19)7-9-15/h4-11,17H,3,12H2,1-2H3,(H,20,21)/t17-/m0/s1. The summed E-state index contributed by atoms with van der Waals surface area (Å²) >= 11 is 7.28. The SMILES string of the molecule is CC[C@H](NC(=O)CSc1ccc(Cl)cc1)c1ccc(S(C)(=O)=O)cc1. The highest BCUT2D eigenvalue weighted by Crippen LogP contribution is 2.22. The Morgan fingerprint density at radius 1 is 1.12 bits per heavy atom. The van der Waals surface area contributed by atoms with Gasteiger partial charge in [0.1, 0.15) is 0 Å². The lowest BCUT2D eigenvalue weighted by atomic mass is 10.0. The van der Waals surface area contributed by atoms with Gasteiger partial charge in [0.05, 0.1) is 16.7 Å². The van der Waals surface area contributed by atoms with E-state index in [0.29, 0.717) is 10.8 Å². The monoisotopic (exact) mass is 397 g/mol. The molecule has 2 aromatic carbocycles. The molecule has 0 aliphatic carbocycles. The molecular formula is C18H20ClNO3S2. The minimum atomic E-state index is -3.22. The van der Waals surface area contributed by atoms with Crippen molar-refractivity contribution in [1.29, 1.82) is 0 Å². The van der Waals surface area contributed by atoms with E-state index in [1.807, 2.05) is 19.1 Å². The number of rotatable bonds is 7. The molecule has 0 unspecified atom stereocenters. The molecule has 0 saturated heterocycles. The molecule has 134 valence electrons. The number of amides is 1. The summed E-state index contributed by atoms with van der Waals surface area (Å²) in [5.41, 5.74) is 0.889. The molecule has 0 radical (unpaired) electrons. The first-order valence-corrected chi connectivity index (χ1v) is 11.0. The van der Waals surface area contributed by atoms with E-state index in [1.165, 1.54) is 18.0 Å². The number of hydrogen-bond acceptors (Lipinski definition) is 4. The molecular weight excluding hydrogens is 378 g/mol. The fraction of sp³-hybridized carbons (Fsp3) is 0.278. The van der Waals surface area contributed by atoms with E-state index in [2.05, 4.69) is 5.32 Å². The van der Waals surface area contributed by atoms with E-state index in [9.17, 15) is 13.2 Å². The van der Waals surface area contributed by atoms with Crippen LogP contribution in [0.5, 0.6) is 0 Å². The molecule has 0 bridgehead atoms. The highest BCUT2D eigenvalue weighted by molar-refractivity contribution is 8.00. The zero-order valence-electron chi connectivity index (χ0n) is 14.0. The van der Waals surface area contributed by atoms with Gasteiger partial charge in [0, 0.05) is 16.2 Å². The fourth-order valence-electron chi connectivity index (χ4n) is 2.28. The molecule has 4 nitrogen and oxygen atoms in total. The summed E-state index contributed by atoms with van der Waals surface area (Å²) in [4.78, 5) is 13.4. The third-order valence-electron chi connectivity index (χ3n) is 3.64. The summed E-state index contributed by atoms with van der Waals surface area (Å²) in [5.74, 6) is 0.235. The van der Waals surface area contributed by atoms with Crippen LogP contribution in [0.3, 0.4) is 0 Å². The zero-order chi connectivity index (χ0) is 18.4. The van der Waals surface area contributed by atoms with Gasteiger partial charge < -0.3 is 5.32 Å². The van der Waals surface area contributed by atoms with Gasteiger partial charge in [0.2, 0.25) is 5.91 Å². The summed E-state index contributed by atoms with van der Waals surface area (Å²) in [6.07, 6.45) is 1.89. The summed E-state index contributed by atoms with van der Waals surface area (Å²) in [7, 11) is -3.22. The van der Waals surface area contributed by atoms with Crippen molar-refractivity contribution >= 4 is 39.1 Å². The number of carbonyl (C=O) groups excluding carboxylic acids is 1. The summed E-state index contributed by atoms with van der Waals surface area (Å²) < 4.78 is 23.0. The van der Waals surface area contributed by atoms with Gasteiger partial charge in [-0.25, -0.2) is 8.42 Å². The zero-order valence-corrected chi connectivity index (χ0v) is 16.4. The lowest BCUT2D eigenvalue weighted by Gasteiger charge is -2.17. The molecule has 1 atom stereocenters. The first-order valence-electron chi connectivity index (χ1n) is 7.77. The van der Waals surface area contributed by atoms with Crippen molar-refractivity contribution in [2.75, 3.05) is 12.0 Å². The maximum absolute atomic E-state index is 12.2. The van der Waals surface area contributed by atoms with Gasteiger partial charge in [0.25, 0.3) is 0 Å². The Morgan fingerprint density at radius 3 is 2.24 bits per heavy atom. The highest BCUT2D eigenvalue weighted by atomic mass is 35.5. The molecule has 25 heavy (non-hydrogen) atoms. The maximum Gasteiger partial charge on any atom is 0.230 e. The number of thioether (sulfide) groups is 1. The van der Waals surface area contributed by atoms with Gasteiger partial charge >= 0.3 is 0 Å². The molecule has 7 heteroatoms. The topological polar surface area (TPSA) is 63.2 Å². The number of hydrogen-bond donors (Lipinski definition) is 1. The lowest BCUT2D eigenvalue weighted by Crippen LogP contribution is -2.29. The van der Waals surface area contributed by atoms with E-state index < -0.39 is 9.84 Å². The molecule has 2 aromatic rings. The molecule has 1 amide bonds. The molecule has 0 aromatic heterocycles. The Hall–Kier alpha value is -1.50. The Bertz CT molecular complexity index is 818. The fourth-order valence-corrected chi connectivity index (χ4v) is 3.75. The molecule has 0 heterocycles. The van der Waals surface area contributed by atoms with Crippen molar-refractivity contribution < 1.29 is 13.2 Å². The largest absolute Gasteiger partial charge is 0.349 e. The van der Waals surface area contributed by atoms with E-state index in [1.54, 1.807) is 36.4 Å². The molecule has 2 rings (SSSR count). The molecule has 0 aliphatic heterocycles. The third-order valence-corrected chi connectivity index (χ3v) is 6.03. The Balaban J connectivity index is 1.96. The number of nitrogens with one attached hydrogen (secondary N) is 1. The average molecular weight is 398 g/mol. The average Bonchev–Trinajstić information content (AvgIpc) is 2.58. The second-order valence-corrected chi connectivity index (χ2v) is 9.11. The molecule has 0 saturated carbocycles. The third kappa shape index (κ3) is 6.06. The lowest BCUT2D eigenvalue weighted by molar-refractivity contribution is -0.119. The van der Waals surface area contributed by atoms with Crippen molar-refractivity contribution in [3.05, 3.63) is 59.1 Å². The number of sulfone groups is 1. The van der Waals surface area contributed by atoms with Crippen molar-refractivity contribution in [2.24, 2.45) is 0 Å². The molecule has 0 fully saturated rings. The quantitative estimate of drug-likeness (QED) is 0.714. The minimum Gasteiger partial charge on any atom is -0.349 e. The van der Waals surface area contributed by atoms with Gasteiger partial charge in [-0.15, -0.1) is 11.8 Å². The van der Waals surface area contributed by atoms with Crippen LogP contribution in [0.1, 0.15) is 24.9 Å². The van der Waals surface area contributed by atoms with Gasteiger partial charge in [-0.2, -0.15) is 0 Å². The summed E-state index contributed by atoms with van der Waals surface area (Å²) in [5, 5.41) is 3.65. The molecule has 1 N–H and O–H groups in total. The van der Waals surface area contributed by atoms with E-state index in [-0.39, 0.29) is 16.8 Å². The van der Waals surface area contributed by atoms with Crippen LogP contribution in [0, 0.1) is 0 Å². The van der Waals surface area contributed by atoms with Crippen LogP contribution in [0.15, 0.2) is 58.3 Å². The predicted molar refractivity (Wildman–Crippen MR) is 103 cm³/mol. The predicted octanol–water partition coefficient (Wildman–Crippen LogP) is 4.10. The maximum atomic E-state index is 12.2. The second kappa shape index (κ2) is 8.74. The van der Waals surface area contributed by atoms with Crippen LogP contribution >= 0.6 is 23.4 Å². The smallest absolute Gasteiger partial charge is 0.230 e. The van der Waals surface area contributed by atoms with Crippen LogP contribution in [0.4, 0.5) is 0 Å². The van der Waals surface area contributed by atoms with Crippen LogP contribution < -0.4 is 5.32 Å². The number of benzene rings is 2. The van der Waals surface area contributed by atoms with E-state index in [0.717, 1.165) is 16.9 Å². The molecule has 0 aliphatic rings. The van der Waals surface area contributed by atoms with Crippen LogP contribution in [-0.2, 0) is 14.6 Å². The summed E-state index contributed by atoms with van der Waals surface area (Å²) in [6.45, 7) is 1.97. The Kier molecular flexibility index (Phi) is 6.93. The first kappa shape index (κ1) is 19.8. The van der Waals surface area contributed by atoms with Crippen molar-refractivity contribution in [1.82, 2.24) is 5.32 Å². The van der Waals surface area contributed by atoms with E-state index in [4.69, 9.17) is 11.6 Å². The van der Waals surface area contributed by atoms with Crippen molar-refractivity contribution in [3.8, 4) is 0 Å². The van der Waals surface area contributed by atoms with Crippen molar-refractivity contribution in [2.45, 2.75) is 29.2 Å². The first-order chi connectivity index (χ1) is 11.8. The van der Waals surface area contributed by atoms with Crippen molar-refractivity contribution in [3.63, 3.8) is 0 Å². The van der Waals surface area contributed by atoms with Crippen LogP contribution in [0.25, 0.3) is 0 Å². The molecule has 0 spiro atoms. The van der Waals surface area contributed by atoms with Gasteiger partial charge in [-0.05, 0) is 48.4 Å². The van der Waals surface area contributed by atoms with E-state index >= 15 is 0 Å².